The van der Waals surface area contributed by atoms with Gasteiger partial charge in [0.2, 0.25) is 0 Å². The van der Waals surface area contributed by atoms with Crippen molar-refractivity contribution in [3.05, 3.63) is 36.0 Å². The lowest BCUT2D eigenvalue weighted by atomic mass is 10.2. The third-order valence-corrected chi connectivity index (χ3v) is 3.25. The first kappa shape index (κ1) is 12.3. The average Bonchev–Trinajstić information content (AvgIpc) is 3.00. The smallest absolute Gasteiger partial charge is 0.339 e. The molecule has 3 rings (SSSR count). The van der Waals surface area contributed by atoms with Gasteiger partial charge in [0.15, 0.2) is 0 Å². The average molecular weight is 271 g/mol. The summed E-state index contributed by atoms with van der Waals surface area (Å²) in [5, 5.41) is 14.2. The Morgan fingerprint density at radius 1 is 1.40 bits per heavy atom. The van der Waals surface area contributed by atoms with E-state index in [1.165, 1.54) is 6.20 Å². The third-order valence-electron chi connectivity index (χ3n) is 3.25. The Morgan fingerprint density at radius 3 is 2.90 bits per heavy atom. The number of aromatic carboxylic acids is 1. The lowest BCUT2D eigenvalue weighted by Crippen LogP contribution is -2.00. The van der Waals surface area contributed by atoms with Crippen molar-refractivity contribution in [1.29, 1.82) is 0 Å². The standard InChI is InChI=1S/C14H13N3O3/c1-17-13(10(7-15-17)14(18)19)12-5-8-3-4-9(20-2)6-11(8)16-12/h3-7,16H,1-2H3,(H,18,19). The number of carboxylic acids is 1. The molecule has 0 amide bonds. The summed E-state index contributed by atoms with van der Waals surface area (Å²) in [6, 6.07) is 7.56. The van der Waals surface area contributed by atoms with Crippen LogP contribution in [0.15, 0.2) is 30.5 Å². The van der Waals surface area contributed by atoms with Gasteiger partial charge in [0, 0.05) is 24.0 Å². The zero-order valence-electron chi connectivity index (χ0n) is 11.0. The Morgan fingerprint density at radius 2 is 2.20 bits per heavy atom. The lowest BCUT2D eigenvalue weighted by molar-refractivity contribution is 0.0697. The number of methoxy groups -OCH3 is 1. The minimum absolute atomic E-state index is 0.172. The molecule has 0 aliphatic rings. The number of aromatic nitrogens is 3. The molecule has 2 heterocycles. The van der Waals surface area contributed by atoms with Crippen molar-refractivity contribution >= 4 is 16.9 Å². The van der Waals surface area contributed by atoms with Crippen LogP contribution in [0.3, 0.4) is 0 Å². The SMILES string of the molecule is COc1ccc2cc(-c3c(C(=O)O)cnn3C)[nH]c2c1. The molecule has 0 saturated carbocycles. The highest BCUT2D eigenvalue weighted by atomic mass is 16.5. The van der Waals surface area contributed by atoms with Gasteiger partial charge in [0.05, 0.1) is 24.7 Å². The maximum atomic E-state index is 11.2. The molecule has 0 fully saturated rings. The molecule has 1 aromatic carbocycles. The number of nitrogens with one attached hydrogen (secondary N) is 1. The van der Waals surface area contributed by atoms with Gasteiger partial charge in [-0.2, -0.15) is 5.10 Å². The first-order chi connectivity index (χ1) is 9.60. The van der Waals surface area contributed by atoms with Crippen molar-refractivity contribution in [3.63, 3.8) is 0 Å². The van der Waals surface area contributed by atoms with Crippen LogP contribution in [0.5, 0.6) is 5.75 Å². The predicted octanol–water partition coefficient (Wildman–Crippen LogP) is 2.28. The van der Waals surface area contributed by atoms with Crippen molar-refractivity contribution < 1.29 is 14.6 Å². The number of ether oxygens (including phenoxy) is 1. The van der Waals surface area contributed by atoms with E-state index < -0.39 is 5.97 Å². The summed E-state index contributed by atoms with van der Waals surface area (Å²) in [5.74, 6) is -0.251. The molecule has 102 valence electrons. The Bertz CT molecular complexity index is 801. The highest BCUT2D eigenvalue weighted by Crippen LogP contribution is 2.28. The maximum absolute atomic E-state index is 11.2. The number of nitrogens with zero attached hydrogens (tertiary/aromatic N) is 2. The van der Waals surface area contributed by atoms with Gasteiger partial charge in [-0.25, -0.2) is 4.79 Å². The molecular formula is C14H13N3O3. The molecule has 6 nitrogen and oxygen atoms in total. The van der Waals surface area contributed by atoms with E-state index in [1.807, 2.05) is 24.3 Å². The van der Waals surface area contributed by atoms with Gasteiger partial charge in [0.1, 0.15) is 11.3 Å². The van der Waals surface area contributed by atoms with Crippen molar-refractivity contribution in [3.8, 4) is 17.1 Å². The molecule has 0 unspecified atom stereocenters. The molecule has 3 aromatic rings. The van der Waals surface area contributed by atoms with Crippen LogP contribution in [0.4, 0.5) is 0 Å². The van der Waals surface area contributed by atoms with Crippen molar-refractivity contribution in [2.45, 2.75) is 0 Å². The van der Waals surface area contributed by atoms with Crippen molar-refractivity contribution in [2.75, 3.05) is 7.11 Å². The fourth-order valence-corrected chi connectivity index (χ4v) is 2.27. The molecule has 6 heteroatoms. The number of aryl methyl sites for hydroxylation is 1. The Labute approximate surface area is 114 Å². The van der Waals surface area contributed by atoms with Crippen molar-refractivity contribution in [1.82, 2.24) is 14.8 Å². The van der Waals surface area contributed by atoms with E-state index in [2.05, 4.69) is 10.1 Å². The summed E-state index contributed by atoms with van der Waals surface area (Å²) in [7, 11) is 3.32. The maximum Gasteiger partial charge on any atom is 0.339 e. The second kappa shape index (κ2) is 4.41. The summed E-state index contributed by atoms with van der Waals surface area (Å²) >= 11 is 0. The number of carbonyl (C=O) groups is 1. The first-order valence-corrected chi connectivity index (χ1v) is 6.02. The summed E-state index contributed by atoms with van der Waals surface area (Å²) < 4.78 is 6.72. The molecule has 0 spiro atoms. The van der Waals surface area contributed by atoms with E-state index >= 15 is 0 Å². The molecule has 2 aromatic heterocycles. The highest BCUT2D eigenvalue weighted by Gasteiger charge is 2.18. The van der Waals surface area contributed by atoms with E-state index in [9.17, 15) is 9.90 Å². The van der Waals surface area contributed by atoms with Gasteiger partial charge in [-0.05, 0) is 18.2 Å². The van der Waals surface area contributed by atoms with E-state index in [1.54, 1.807) is 18.8 Å². The van der Waals surface area contributed by atoms with E-state index in [-0.39, 0.29) is 5.56 Å². The zero-order valence-corrected chi connectivity index (χ0v) is 11.0. The van der Waals surface area contributed by atoms with Crippen LogP contribution >= 0.6 is 0 Å². The summed E-state index contributed by atoms with van der Waals surface area (Å²) in [5.41, 5.74) is 2.32. The topological polar surface area (TPSA) is 80.1 Å². The van der Waals surface area contributed by atoms with E-state index in [0.29, 0.717) is 11.4 Å². The molecule has 0 radical (unpaired) electrons. The highest BCUT2D eigenvalue weighted by molar-refractivity contribution is 5.96. The van der Waals surface area contributed by atoms with Gasteiger partial charge in [-0.15, -0.1) is 0 Å². The second-order valence-corrected chi connectivity index (χ2v) is 4.47. The lowest BCUT2D eigenvalue weighted by Gasteiger charge is -2.00. The third kappa shape index (κ3) is 1.82. The van der Waals surface area contributed by atoms with Gasteiger partial charge >= 0.3 is 5.97 Å². The number of aromatic amines is 1. The van der Waals surface area contributed by atoms with Crippen LogP contribution in [-0.2, 0) is 7.05 Å². The molecule has 2 N–H and O–H groups in total. The molecular weight excluding hydrogens is 258 g/mol. The van der Waals surface area contributed by atoms with Gasteiger partial charge in [-0.1, -0.05) is 0 Å². The van der Waals surface area contributed by atoms with Crippen LogP contribution in [0.2, 0.25) is 0 Å². The molecule has 0 aliphatic carbocycles. The normalized spacial score (nSPS) is 10.9. The molecule has 0 saturated heterocycles. The van der Waals surface area contributed by atoms with E-state index in [0.717, 1.165) is 16.7 Å². The second-order valence-electron chi connectivity index (χ2n) is 4.47. The van der Waals surface area contributed by atoms with E-state index in [4.69, 9.17) is 4.74 Å². The fourth-order valence-electron chi connectivity index (χ4n) is 2.27. The van der Waals surface area contributed by atoms with Gasteiger partial charge < -0.3 is 14.8 Å². The molecule has 20 heavy (non-hydrogen) atoms. The number of hydrogen-bond donors (Lipinski definition) is 2. The number of fused-ring (bicyclic) bond motifs is 1. The number of benzene rings is 1. The van der Waals surface area contributed by atoms with Crippen LogP contribution in [-0.4, -0.2) is 33.0 Å². The molecule has 0 aliphatic heterocycles. The molecule has 0 bridgehead atoms. The minimum Gasteiger partial charge on any atom is -0.497 e. The summed E-state index contributed by atoms with van der Waals surface area (Å²) in [4.78, 5) is 14.4. The van der Waals surface area contributed by atoms with Gasteiger partial charge in [0.25, 0.3) is 0 Å². The van der Waals surface area contributed by atoms with Crippen LogP contribution < -0.4 is 4.74 Å². The number of carboxylic acid groups (broad SMARTS) is 1. The first-order valence-electron chi connectivity index (χ1n) is 6.02. The zero-order chi connectivity index (χ0) is 14.3. The number of hydrogen-bond acceptors (Lipinski definition) is 3. The number of rotatable bonds is 3. The Kier molecular flexibility index (Phi) is 2.71. The Hall–Kier alpha value is -2.76. The molecule has 0 atom stereocenters. The summed E-state index contributed by atoms with van der Waals surface area (Å²) in [6.45, 7) is 0. The van der Waals surface area contributed by atoms with Crippen LogP contribution in [0.1, 0.15) is 10.4 Å². The predicted molar refractivity (Wildman–Crippen MR) is 74.0 cm³/mol. The van der Waals surface area contributed by atoms with Crippen LogP contribution in [0.25, 0.3) is 22.3 Å². The summed E-state index contributed by atoms with van der Waals surface area (Å²) in [6.07, 6.45) is 1.35. The quantitative estimate of drug-likeness (QED) is 0.765. The largest absolute Gasteiger partial charge is 0.497 e. The monoisotopic (exact) mass is 271 g/mol. The number of H-pyrrole nitrogens is 1. The minimum atomic E-state index is -0.996. The van der Waals surface area contributed by atoms with Crippen LogP contribution in [0, 0.1) is 0 Å². The van der Waals surface area contributed by atoms with Gasteiger partial charge in [-0.3, -0.25) is 4.68 Å². The fraction of sp³-hybridized carbons (Fsp3) is 0.143. The Balaban J connectivity index is 2.20. The van der Waals surface area contributed by atoms with Crippen molar-refractivity contribution in [2.24, 2.45) is 7.05 Å².